The molecule has 4 nitrogen and oxygen atoms in total. The van der Waals surface area contributed by atoms with Crippen LogP contribution in [0, 0.1) is 6.92 Å². The number of likely N-dealkylation sites (N-methyl/N-ethyl adjacent to an activating group) is 1. The molecule has 23 heavy (non-hydrogen) atoms. The maximum atomic E-state index is 3.54. The number of piperazine rings is 2. The van der Waals surface area contributed by atoms with Gasteiger partial charge in [-0.1, -0.05) is 6.92 Å². The van der Waals surface area contributed by atoms with E-state index in [9.17, 15) is 0 Å². The van der Waals surface area contributed by atoms with Crippen LogP contribution in [0.3, 0.4) is 0 Å². The Morgan fingerprint density at radius 1 is 1.22 bits per heavy atom. The van der Waals surface area contributed by atoms with Crippen LogP contribution in [0.2, 0.25) is 0 Å². The summed E-state index contributed by atoms with van der Waals surface area (Å²) in [4.78, 5) is 9.57. The highest BCUT2D eigenvalue weighted by Gasteiger charge is 2.31. The fourth-order valence-corrected chi connectivity index (χ4v) is 4.96. The van der Waals surface area contributed by atoms with Crippen LogP contribution in [0.4, 0.5) is 0 Å². The average molecular weight is 337 g/mol. The van der Waals surface area contributed by atoms with Gasteiger partial charge in [0, 0.05) is 63.3 Å². The molecule has 1 aromatic rings. The van der Waals surface area contributed by atoms with Crippen LogP contribution in [-0.2, 0) is 0 Å². The van der Waals surface area contributed by atoms with E-state index in [1.165, 1.54) is 44.8 Å². The highest BCUT2D eigenvalue weighted by Crippen LogP contribution is 2.31. The molecule has 1 N–H and O–H groups in total. The lowest BCUT2D eigenvalue weighted by Gasteiger charge is -2.43. The largest absolute Gasteiger partial charge is 0.314 e. The summed E-state index contributed by atoms with van der Waals surface area (Å²) in [5, 5.41) is 5.80. The molecule has 2 aliphatic rings. The van der Waals surface area contributed by atoms with E-state index in [0.717, 1.165) is 19.6 Å². The molecule has 0 spiro atoms. The summed E-state index contributed by atoms with van der Waals surface area (Å²) in [6.45, 7) is 17.6. The Morgan fingerprint density at radius 3 is 2.57 bits per heavy atom. The second-order valence-electron chi connectivity index (χ2n) is 7.01. The van der Waals surface area contributed by atoms with E-state index in [-0.39, 0.29) is 0 Å². The number of aryl methyl sites for hydroxylation is 1. The minimum absolute atomic E-state index is 0.556. The van der Waals surface area contributed by atoms with Crippen molar-refractivity contribution < 1.29 is 0 Å². The molecule has 2 fully saturated rings. The summed E-state index contributed by atoms with van der Waals surface area (Å²) >= 11 is 1.95. The Morgan fingerprint density at radius 2 is 1.96 bits per heavy atom. The number of nitrogens with one attached hydrogen (secondary N) is 1. The second kappa shape index (κ2) is 8.08. The van der Waals surface area contributed by atoms with Crippen LogP contribution < -0.4 is 5.32 Å². The smallest absolute Gasteiger partial charge is 0.0575 e. The first-order chi connectivity index (χ1) is 11.2. The first-order valence-electron chi connectivity index (χ1n) is 9.14. The molecule has 2 atom stereocenters. The summed E-state index contributed by atoms with van der Waals surface area (Å²) < 4.78 is 0. The molecule has 0 saturated carbocycles. The molecule has 130 valence electrons. The van der Waals surface area contributed by atoms with Gasteiger partial charge in [-0.05, 0) is 37.4 Å². The van der Waals surface area contributed by atoms with Crippen molar-refractivity contribution >= 4 is 11.3 Å². The Labute approximate surface area is 145 Å². The molecule has 0 aromatic carbocycles. The third kappa shape index (κ3) is 4.15. The standard InChI is InChI=1S/C18H32N4S/c1-4-20-8-10-21(11-9-20)14-17(18-15(2)5-12-23-18)22-7-6-19-13-16(22)3/h5,12,16-17,19H,4,6-11,13-14H2,1-3H3. The highest BCUT2D eigenvalue weighted by molar-refractivity contribution is 7.10. The summed E-state index contributed by atoms with van der Waals surface area (Å²) in [5.41, 5.74) is 1.47. The molecule has 2 aliphatic heterocycles. The van der Waals surface area contributed by atoms with E-state index in [1.807, 2.05) is 11.3 Å². The Hall–Kier alpha value is -0.460. The van der Waals surface area contributed by atoms with Gasteiger partial charge in [-0.15, -0.1) is 11.3 Å². The predicted molar refractivity (Wildman–Crippen MR) is 99.4 cm³/mol. The average Bonchev–Trinajstić information content (AvgIpc) is 3.00. The van der Waals surface area contributed by atoms with E-state index >= 15 is 0 Å². The molecule has 0 bridgehead atoms. The molecular formula is C18H32N4S. The van der Waals surface area contributed by atoms with E-state index < -0.39 is 0 Å². The number of nitrogens with zero attached hydrogens (tertiary/aromatic N) is 3. The molecule has 3 heterocycles. The molecular weight excluding hydrogens is 304 g/mol. The minimum Gasteiger partial charge on any atom is -0.314 e. The van der Waals surface area contributed by atoms with Gasteiger partial charge >= 0.3 is 0 Å². The second-order valence-corrected chi connectivity index (χ2v) is 7.96. The summed E-state index contributed by atoms with van der Waals surface area (Å²) in [5.74, 6) is 0. The van der Waals surface area contributed by atoms with Crippen LogP contribution in [0.1, 0.15) is 30.3 Å². The predicted octanol–water partition coefficient (Wildman–Crippen LogP) is 2.03. The highest BCUT2D eigenvalue weighted by atomic mass is 32.1. The maximum Gasteiger partial charge on any atom is 0.0575 e. The quantitative estimate of drug-likeness (QED) is 0.888. The summed E-state index contributed by atoms with van der Waals surface area (Å²) in [7, 11) is 0. The molecule has 0 amide bonds. The van der Waals surface area contributed by atoms with Crippen molar-refractivity contribution in [2.45, 2.75) is 32.9 Å². The first-order valence-corrected chi connectivity index (χ1v) is 10.0. The number of hydrogen-bond donors (Lipinski definition) is 1. The van der Waals surface area contributed by atoms with Crippen molar-refractivity contribution in [3.8, 4) is 0 Å². The van der Waals surface area contributed by atoms with Crippen molar-refractivity contribution in [3.63, 3.8) is 0 Å². The van der Waals surface area contributed by atoms with E-state index in [2.05, 4.69) is 52.2 Å². The third-order valence-corrected chi connectivity index (χ3v) is 6.62. The maximum absolute atomic E-state index is 3.54. The Bertz CT molecular complexity index is 481. The normalized spacial score (nSPS) is 26.5. The SMILES string of the molecule is CCN1CCN(CC(c2sccc2C)N2CCNCC2C)CC1. The molecule has 0 radical (unpaired) electrons. The van der Waals surface area contributed by atoms with Crippen LogP contribution in [0.25, 0.3) is 0 Å². The van der Waals surface area contributed by atoms with Crippen molar-refractivity contribution in [1.29, 1.82) is 0 Å². The van der Waals surface area contributed by atoms with E-state index in [0.29, 0.717) is 12.1 Å². The van der Waals surface area contributed by atoms with E-state index in [1.54, 1.807) is 4.88 Å². The van der Waals surface area contributed by atoms with Crippen molar-refractivity contribution in [1.82, 2.24) is 20.0 Å². The van der Waals surface area contributed by atoms with Gasteiger partial charge in [-0.3, -0.25) is 9.80 Å². The van der Waals surface area contributed by atoms with Gasteiger partial charge in [0.15, 0.2) is 0 Å². The number of thiophene rings is 1. The number of rotatable bonds is 5. The first kappa shape index (κ1) is 17.4. The zero-order chi connectivity index (χ0) is 16.2. The van der Waals surface area contributed by atoms with E-state index in [4.69, 9.17) is 0 Å². The number of hydrogen-bond acceptors (Lipinski definition) is 5. The van der Waals surface area contributed by atoms with Crippen LogP contribution in [-0.4, -0.2) is 79.6 Å². The molecule has 5 heteroatoms. The van der Waals surface area contributed by atoms with Crippen molar-refractivity contribution in [2.75, 3.05) is 58.9 Å². The van der Waals surface area contributed by atoms with Gasteiger partial charge < -0.3 is 10.2 Å². The van der Waals surface area contributed by atoms with Crippen molar-refractivity contribution in [3.05, 3.63) is 21.9 Å². The van der Waals surface area contributed by atoms with Crippen molar-refractivity contribution in [2.24, 2.45) is 0 Å². The van der Waals surface area contributed by atoms with Gasteiger partial charge in [0.2, 0.25) is 0 Å². The Balaban J connectivity index is 1.72. The molecule has 0 aliphatic carbocycles. The van der Waals surface area contributed by atoms with Gasteiger partial charge in [-0.25, -0.2) is 0 Å². The van der Waals surface area contributed by atoms with Crippen LogP contribution >= 0.6 is 11.3 Å². The monoisotopic (exact) mass is 336 g/mol. The van der Waals surface area contributed by atoms with Crippen LogP contribution in [0.5, 0.6) is 0 Å². The topological polar surface area (TPSA) is 21.8 Å². The minimum atomic E-state index is 0.556. The third-order valence-electron chi connectivity index (χ3n) is 5.50. The zero-order valence-corrected chi connectivity index (χ0v) is 15.7. The molecule has 2 unspecified atom stereocenters. The van der Waals surface area contributed by atoms with Gasteiger partial charge in [0.05, 0.1) is 6.04 Å². The van der Waals surface area contributed by atoms with Crippen LogP contribution in [0.15, 0.2) is 11.4 Å². The van der Waals surface area contributed by atoms with Gasteiger partial charge in [0.25, 0.3) is 0 Å². The van der Waals surface area contributed by atoms with Gasteiger partial charge in [-0.2, -0.15) is 0 Å². The lowest BCUT2D eigenvalue weighted by molar-refractivity contribution is 0.0636. The molecule has 3 rings (SSSR count). The fraction of sp³-hybridized carbons (Fsp3) is 0.778. The molecule has 2 saturated heterocycles. The fourth-order valence-electron chi connectivity index (χ4n) is 3.92. The summed E-state index contributed by atoms with van der Waals surface area (Å²) in [6, 6.07) is 3.46. The molecule has 1 aromatic heterocycles. The zero-order valence-electron chi connectivity index (χ0n) is 14.9. The Kier molecular flexibility index (Phi) is 6.10. The lowest BCUT2D eigenvalue weighted by Crippen LogP contribution is -2.54. The van der Waals surface area contributed by atoms with Gasteiger partial charge in [0.1, 0.15) is 0 Å². The summed E-state index contributed by atoms with van der Waals surface area (Å²) in [6.07, 6.45) is 0. The lowest BCUT2D eigenvalue weighted by atomic mass is 10.1.